The monoisotopic (exact) mass is 227 g/mol. The molecule has 0 aromatic heterocycles. The number of carbonyl (C=O) groups excluding carboxylic acids is 1. The molecular formula is C9H14N3O2P. The molecule has 15 heavy (non-hydrogen) atoms. The van der Waals surface area contributed by atoms with Gasteiger partial charge in [-0.3, -0.25) is 0 Å². The molecule has 0 aliphatic carbocycles. The zero-order chi connectivity index (χ0) is 11.3. The van der Waals surface area contributed by atoms with Crippen molar-refractivity contribution in [3.05, 3.63) is 29.8 Å². The van der Waals surface area contributed by atoms with Crippen molar-refractivity contribution in [3.8, 4) is 0 Å². The average molecular weight is 227 g/mol. The Bertz CT molecular complexity index is 327. The fraction of sp³-hybridized carbons (Fsp3) is 0.222. The molecule has 1 aromatic rings. The molecule has 1 rings (SSSR count). The summed E-state index contributed by atoms with van der Waals surface area (Å²) in [7, 11) is 1.91. The summed E-state index contributed by atoms with van der Waals surface area (Å²) >= 11 is 0. The third kappa shape index (κ3) is 3.83. The van der Waals surface area contributed by atoms with E-state index < -0.39 is 6.17 Å². The minimum atomic E-state index is -0.401. The zero-order valence-corrected chi connectivity index (χ0v) is 9.30. The molecule has 5 N–H and O–H groups in total. The van der Waals surface area contributed by atoms with Crippen molar-refractivity contribution >= 4 is 21.1 Å². The SMILES string of the molecule is NC(N)CNc1ccc(C(=O)OP)cc1. The van der Waals surface area contributed by atoms with Crippen LogP contribution in [0.1, 0.15) is 10.4 Å². The van der Waals surface area contributed by atoms with Gasteiger partial charge in [0.2, 0.25) is 0 Å². The summed E-state index contributed by atoms with van der Waals surface area (Å²) in [4.78, 5) is 11.1. The molecular weight excluding hydrogens is 213 g/mol. The van der Waals surface area contributed by atoms with Crippen LogP contribution in [0.25, 0.3) is 0 Å². The first-order chi connectivity index (χ1) is 7.13. The summed E-state index contributed by atoms with van der Waals surface area (Å²) in [6, 6.07) is 6.85. The largest absolute Gasteiger partial charge is 0.448 e. The van der Waals surface area contributed by atoms with E-state index >= 15 is 0 Å². The fourth-order valence-electron chi connectivity index (χ4n) is 1.03. The van der Waals surface area contributed by atoms with Crippen LogP contribution in [0.3, 0.4) is 0 Å². The number of anilines is 1. The van der Waals surface area contributed by atoms with Crippen molar-refractivity contribution < 1.29 is 9.32 Å². The van der Waals surface area contributed by atoms with E-state index in [0.29, 0.717) is 12.1 Å². The number of rotatable bonds is 4. The molecule has 0 heterocycles. The molecule has 0 saturated carbocycles. The van der Waals surface area contributed by atoms with E-state index in [1.165, 1.54) is 0 Å². The second-order valence-electron chi connectivity index (χ2n) is 3.03. The Balaban J connectivity index is 2.60. The van der Waals surface area contributed by atoms with Gasteiger partial charge < -0.3 is 21.3 Å². The van der Waals surface area contributed by atoms with Gasteiger partial charge in [-0.05, 0) is 24.3 Å². The van der Waals surface area contributed by atoms with Crippen molar-refractivity contribution in [2.75, 3.05) is 11.9 Å². The smallest absolute Gasteiger partial charge is 0.340 e. The van der Waals surface area contributed by atoms with Crippen molar-refractivity contribution in [2.24, 2.45) is 11.5 Å². The van der Waals surface area contributed by atoms with Crippen molar-refractivity contribution in [2.45, 2.75) is 6.17 Å². The molecule has 6 heteroatoms. The van der Waals surface area contributed by atoms with Crippen LogP contribution in [0.5, 0.6) is 0 Å². The molecule has 82 valence electrons. The van der Waals surface area contributed by atoms with Gasteiger partial charge in [-0.25, -0.2) is 4.79 Å². The number of hydrogen-bond acceptors (Lipinski definition) is 5. The summed E-state index contributed by atoms with van der Waals surface area (Å²) in [5.41, 5.74) is 12.1. The maximum atomic E-state index is 11.1. The van der Waals surface area contributed by atoms with Gasteiger partial charge in [0.1, 0.15) is 0 Å². The van der Waals surface area contributed by atoms with Gasteiger partial charge in [0, 0.05) is 12.2 Å². The number of nitrogens with one attached hydrogen (secondary N) is 1. The lowest BCUT2D eigenvalue weighted by Crippen LogP contribution is -2.37. The Kier molecular flexibility index (Phi) is 4.49. The first-order valence-electron chi connectivity index (χ1n) is 4.39. The normalized spacial score (nSPS) is 10.1. The lowest BCUT2D eigenvalue weighted by molar-refractivity contribution is 0.0765. The van der Waals surface area contributed by atoms with Gasteiger partial charge in [-0.15, -0.1) is 0 Å². The van der Waals surface area contributed by atoms with Crippen LogP contribution in [-0.2, 0) is 4.52 Å². The Labute approximate surface area is 90.4 Å². The highest BCUT2D eigenvalue weighted by Crippen LogP contribution is 2.11. The second-order valence-corrected chi connectivity index (χ2v) is 3.26. The standard InChI is InChI=1S/C9H14N3O2P/c10-8(11)5-12-7-3-1-6(2-4-7)9(13)14-15/h1-4,8,12H,5,10-11,15H2. The predicted molar refractivity (Wildman–Crippen MR) is 62.2 cm³/mol. The van der Waals surface area contributed by atoms with Crippen LogP contribution in [0.15, 0.2) is 24.3 Å². The Hall–Kier alpha value is -1.16. The molecule has 0 bridgehead atoms. The van der Waals surface area contributed by atoms with Gasteiger partial charge in [-0.1, -0.05) is 0 Å². The summed E-state index contributed by atoms with van der Waals surface area (Å²) in [6.07, 6.45) is -0.401. The van der Waals surface area contributed by atoms with Crippen LogP contribution >= 0.6 is 9.47 Å². The maximum absolute atomic E-state index is 11.1. The highest BCUT2D eigenvalue weighted by Gasteiger charge is 2.04. The van der Waals surface area contributed by atoms with E-state index in [0.717, 1.165) is 5.69 Å². The number of benzene rings is 1. The minimum absolute atomic E-state index is 0.387. The van der Waals surface area contributed by atoms with Crippen molar-refractivity contribution in [1.29, 1.82) is 0 Å². The van der Waals surface area contributed by atoms with Crippen molar-refractivity contribution in [1.82, 2.24) is 0 Å². The Morgan fingerprint density at radius 3 is 2.47 bits per heavy atom. The Morgan fingerprint density at radius 2 is 2.00 bits per heavy atom. The summed E-state index contributed by atoms with van der Waals surface area (Å²) in [5.74, 6) is -0.387. The topological polar surface area (TPSA) is 90.4 Å². The van der Waals surface area contributed by atoms with Gasteiger partial charge in [0.25, 0.3) is 0 Å². The van der Waals surface area contributed by atoms with Crippen LogP contribution in [0, 0.1) is 0 Å². The first-order valence-corrected chi connectivity index (χ1v) is 4.87. The molecule has 1 aromatic carbocycles. The molecule has 0 radical (unpaired) electrons. The summed E-state index contributed by atoms with van der Waals surface area (Å²) in [6.45, 7) is 0.480. The van der Waals surface area contributed by atoms with Gasteiger partial charge >= 0.3 is 5.97 Å². The average Bonchev–Trinajstić information content (AvgIpc) is 2.26. The van der Waals surface area contributed by atoms with Crippen LogP contribution < -0.4 is 16.8 Å². The third-order valence-corrected chi connectivity index (χ3v) is 1.98. The number of carbonyl (C=O) groups is 1. The van der Waals surface area contributed by atoms with E-state index in [-0.39, 0.29) is 5.97 Å². The second kappa shape index (κ2) is 5.66. The highest BCUT2D eigenvalue weighted by molar-refractivity contribution is 7.10. The van der Waals surface area contributed by atoms with Crippen LogP contribution in [0.4, 0.5) is 5.69 Å². The summed E-state index contributed by atoms with van der Waals surface area (Å²) < 4.78 is 4.49. The van der Waals surface area contributed by atoms with E-state index in [2.05, 4.69) is 9.84 Å². The minimum Gasteiger partial charge on any atom is -0.448 e. The number of hydrogen-bond donors (Lipinski definition) is 3. The van der Waals surface area contributed by atoms with E-state index in [9.17, 15) is 4.79 Å². The summed E-state index contributed by atoms with van der Waals surface area (Å²) in [5, 5.41) is 3.02. The molecule has 0 aliphatic heterocycles. The fourth-order valence-corrected chi connectivity index (χ4v) is 1.16. The lowest BCUT2D eigenvalue weighted by Gasteiger charge is -2.09. The molecule has 0 fully saturated rings. The zero-order valence-electron chi connectivity index (χ0n) is 8.14. The van der Waals surface area contributed by atoms with Crippen molar-refractivity contribution in [3.63, 3.8) is 0 Å². The van der Waals surface area contributed by atoms with Gasteiger partial charge in [-0.2, -0.15) is 0 Å². The van der Waals surface area contributed by atoms with E-state index in [4.69, 9.17) is 11.5 Å². The molecule has 0 aliphatic rings. The van der Waals surface area contributed by atoms with E-state index in [1.54, 1.807) is 24.3 Å². The van der Waals surface area contributed by atoms with Gasteiger partial charge in [0.15, 0.2) is 0 Å². The molecule has 5 nitrogen and oxygen atoms in total. The van der Waals surface area contributed by atoms with Gasteiger partial charge in [0.05, 0.1) is 21.2 Å². The molecule has 0 saturated heterocycles. The molecule has 1 unspecified atom stereocenters. The highest BCUT2D eigenvalue weighted by atomic mass is 31.0. The first kappa shape index (κ1) is 11.9. The molecule has 0 amide bonds. The molecule has 0 spiro atoms. The maximum Gasteiger partial charge on any atom is 0.340 e. The quantitative estimate of drug-likeness (QED) is 0.508. The number of nitrogens with two attached hydrogens (primary N) is 2. The predicted octanol–water partition coefficient (Wildman–Crippen LogP) is 0.289. The van der Waals surface area contributed by atoms with Crippen LogP contribution in [0.2, 0.25) is 0 Å². The lowest BCUT2D eigenvalue weighted by atomic mass is 10.2. The van der Waals surface area contributed by atoms with E-state index in [1.807, 2.05) is 9.47 Å². The Morgan fingerprint density at radius 1 is 1.40 bits per heavy atom. The third-order valence-electron chi connectivity index (χ3n) is 1.77. The molecule has 1 atom stereocenters. The van der Waals surface area contributed by atoms with Crippen LogP contribution in [-0.4, -0.2) is 18.7 Å².